The molecule has 2 amide bonds. The zero-order chi connectivity index (χ0) is 30.9. The number of methoxy groups -OCH3 is 1. The number of para-hydroxylation sites is 1. The third-order valence-corrected chi connectivity index (χ3v) is 8.36. The minimum Gasteiger partial charge on any atom is -0.496 e. The van der Waals surface area contributed by atoms with Gasteiger partial charge in [-0.3, -0.25) is 9.59 Å². The molecule has 2 aliphatic rings. The molecular weight excluding hydrogens is 554 g/mol. The number of likely N-dealkylation sites (N-methyl/N-ethyl adjacent to an activating group) is 1. The summed E-state index contributed by atoms with van der Waals surface area (Å²) in [4.78, 5) is 29.9. The van der Waals surface area contributed by atoms with Gasteiger partial charge in [-0.1, -0.05) is 60.7 Å². The van der Waals surface area contributed by atoms with Crippen molar-refractivity contribution >= 4 is 17.4 Å². The summed E-state index contributed by atoms with van der Waals surface area (Å²) in [5.74, 6) is 1.66. The van der Waals surface area contributed by atoms with Crippen LogP contribution < -0.4 is 14.8 Å². The predicted octanol–water partition coefficient (Wildman–Crippen LogP) is 4.73. The van der Waals surface area contributed by atoms with Gasteiger partial charge in [-0.25, -0.2) is 0 Å². The highest BCUT2D eigenvalue weighted by atomic mass is 16.5. The van der Waals surface area contributed by atoms with Crippen LogP contribution in [-0.4, -0.2) is 80.7 Å². The molecule has 0 saturated carbocycles. The van der Waals surface area contributed by atoms with Crippen LogP contribution in [0.5, 0.6) is 11.5 Å². The molecule has 0 aromatic heterocycles. The number of ether oxygens (including phenoxy) is 3. The fourth-order valence-corrected chi connectivity index (χ4v) is 5.98. The second-order valence-electron chi connectivity index (χ2n) is 11.5. The number of fused-ring (bicyclic) bond motifs is 2. The minimum atomic E-state index is -0.208. The Morgan fingerprint density at radius 2 is 1.70 bits per heavy atom. The van der Waals surface area contributed by atoms with Crippen molar-refractivity contribution in [2.75, 3.05) is 47.0 Å². The van der Waals surface area contributed by atoms with E-state index in [1.807, 2.05) is 83.6 Å². The molecule has 2 aliphatic heterocycles. The molecule has 5 rings (SSSR count). The van der Waals surface area contributed by atoms with Crippen LogP contribution in [0.2, 0.25) is 0 Å². The molecule has 8 nitrogen and oxygen atoms in total. The van der Waals surface area contributed by atoms with Crippen molar-refractivity contribution in [2.45, 2.75) is 44.9 Å². The lowest BCUT2D eigenvalue weighted by Crippen LogP contribution is -2.61. The van der Waals surface area contributed by atoms with Crippen LogP contribution in [0.15, 0.2) is 84.4 Å². The van der Waals surface area contributed by atoms with Crippen molar-refractivity contribution < 1.29 is 23.8 Å². The van der Waals surface area contributed by atoms with Crippen LogP contribution in [0.3, 0.4) is 0 Å². The highest BCUT2D eigenvalue weighted by Crippen LogP contribution is 2.34. The zero-order valence-electron chi connectivity index (χ0n) is 26.0. The maximum Gasteiger partial charge on any atom is 0.251 e. The highest BCUT2D eigenvalue weighted by molar-refractivity contribution is 6.03. The number of carbonyl (C=O) groups excluding carboxylic acids is 2. The molecule has 2 atom stereocenters. The van der Waals surface area contributed by atoms with Gasteiger partial charge in [0.2, 0.25) is 5.91 Å². The van der Waals surface area contributed by atoms with Crippen molar-refractivity contribution in [3.63, 3.8) is 0 Å². The summed E-state index contributed by atoms with van der Waals surface area (Å²) in [6.45, 7) is 4.96. The summed E-state index contributed by atoms with van der Waals surface area (Å²) in [6.07, 6.45) is 2.22. The number of carbonyl (C=O) groups is 2. The lowest BCUT2D eigenvalue weighted by molar-refractivity contribution is -0.132. The van der Waals surface area contributed by atoms with Gasteiger partial charge in [0.05, 0.1) is 33.0 Å². The standard InChI is InChI=1S/C36H43N3O5/c1-26(40)39-23-30-22-32(35(33(24-39)37-30)36(41)38(2)19-18-27-10-5-4-6-11-27)28-14-16-31(17-15-28)44-21-9-20-43-25-29-12-7-8-13-34(29)42-3/h4-8,10-17,30,33,37H,9,18-25H2,1-3H3/t30?,33-/m1/s1. The van der Waals surface area contributed by atoms with Gasteiger partial charge in [0, 0.05) is 57.2 Å². The molecule has 8 heteroatoms. The molecule has 2 heterocycles. The van der Waals surface area contributed by atoms with E-state index in [2.05, 4.69) is 17.4 Å². The molecule has 1 fully saturated rings. The molecule has 232 valence electrons. The van der Waals surface area contributed by atoms with E-state index in [-0.39, 0.29) is 23.9 Å². The molecule has 0 aliphatic carbocycles. The number of hydrogen-bond donors (Lipinski definition) is 1. The number of nitrogens with one attached hydrogen (secondary N) is 1. The average Bonchev–Trinajstić information content (AvgIpc) is 3.05. The molecule has 0 spiro atoms. The van der Waals surface area contributed by atoms with E-state index >= 15 is 0 Å². The Morgan fingerprint density at radius 3 is 2.45 bits per heavy atom. The molecular formula is C36H43N3O5. The minimum absolute atomic E-state index is 0.00531. The van der Waals surface area contributed by atoms with Gasteiger partial charge in [0.15, 0.2) is 0 Å². The Bertz CT molecular complexity index is 1440. The first kappa shape index (κ1) is 31.3. The Balaban J connectivity index is 1.23. The maximum absolute atomic E-state index is 14.0. The van der Waals surface area contributed by atoms with Crippen LogP contribution in [0.4, 0.5) is 0 Å². The quantitative estimate of drug-likeness (QED) is 0.287. The summed E-state index contributed by atoms with van der Waals surface area (Å²) >= 11 is 0. The normalized spacial score (nSPS) is 17.8. The number of rotatable bonds is 13. The lowest BCUT2D eigenvalue weighted by Gasteiger charge is -2.44. The summed E-state index contributed by atoms with van der Waals surface area (Å²) < 4.78 is 17.2. The molecule has 0 radical (unpaired) electrons. The van der Waals surface area contributed by atoms with E-state index in [1.165, 1.54) is 5.56 Å². The monoisotopic (exact) mass is 597 g/mol. The Labute approximate surface area is 260 Å². The number of nitrogens with zero attached hydrogens (tertiary/aromatic N) is 2. The van der Waals surface area contributed by atoms with E-state index in [0.717, 1.165) is 46.6 Å². The summed E-state index contributed by atoms with van der Waals surface area (Å²) in [7, 11) is 3.53. The van der Waals surface area contributed by atoms with Crippen molar-refractivity contribution in [1.29, 1.82) is 0 Å². The van der Waals surface area contributed by atoms with Gasteiger partial charge in [-0.2, -0.15) is 0 Å². The van der Waals surface area contributed by atoms with Crippen LogP contribution in [-0.2, 0) is 27.4 Å². The first-order chi connectivity index (χ1) is 21.4. The summed E-state index contributed by atoms with van der Waals surface area (Å²) in [5.41, 5.74) is 5.04. The van der Waals surface area contributed by atoms with Gasteiger partial charge >= 0.3 is 0 Å². The maximum atomic E-state index is 14.0. The Morgan fingerprint density at radius 1 is 0.955 bits per heavy atom. The molecule has 3 aromatic carbocycles. The Hall–Kier alpha value is -4.14. The van der Waals surface area contributed by atoms with Crippen molar-refractivity contribution in [2.24, 2.45) is 0 Å². The van der Waals surface area contributed by atoms with Crippen LogP contribution in [0.1, 0.15) is 36.5 Å². The number of piperazine rings is 1. The van der Waals surface area contributed by atoms with Gasteiger partial charge in [-0.05, 0) is 47.7 Å². The first-order valence-corrected chi connectivity index (χ1v) is 15.4. The van der Waals surface area contributed by atoms with Crippen LogP contribution in [0, 0.1) is 0 Å². The smallest absolute Gasteiger partial charge is 0.251 e. The second-order valence-corrected chi connectivity index (χ2v) is 11.5. The Kier molecular flexibility index (Phi) is 10.7. The number of amides is 2. The molecule has 1 N–H and O–H groups in total. The fourth-order valence-electron chi connectivity index (χ4n) is 5.98. The van der Waals surface area contributed by atoms with Gasteiger partial charge < -0.3 is 29.3 Å². The summed E-state index contributed by atoms with van der Waals surface area (Å²) in [6, 6.07) is 26.0. The van der Waals surface area contributed by atoms with Gasteiger partial charge in [0.1, 0.15) is 11.5 Å². The van der Waals surface area contributed by atoms with Crippen LogP contribution >= 0.6 is 0 Å². The lowest BCUT2D eigenvalue weighted by atomic mass is 9.83. The molecule has 3 aromatic rings. The average molecular weight is 598 g/mol. The first-order valence-electron chi connectivity index (χ1n) is 15.4. The predicted molar refractivity (Wildman–Crippen MR) is 171 cm³/mol. The van der Waals surface area contributed by atoms with E-state index in [9.17, 15) is 9.59 Å². The summed E-state index contributed by atoms with van der Waals surface area (Å²) in [5, 5.41) is 3.63. The number of benzene rings is 3. The third kappa shape index (κ3) is 7.87. The van der Waals surface area contributed by atoms with Crippen LogP contribution in [0.25, 0.3) is 5.57 Å². The van der Waals surface area contributed by atoms with Gasteiger partial charge in [0.25, 0.3) is 5.91 Å². The zero-order valence-corrected chi connectivity index (χ0v) is 26.0. The highest BCUT2D eigenvalue weighted by Gasteiger charge is 2.39. The van der Waals surface area contributed by atoms with Gasteiger partial charge in [-0.15, -0.1) is 0 Å². The van der Waals surface area contributed by atoms with Crippen molar-refractivity contribution in [3.05, 3.63) is 101 Å². The number of hydrogen-bond acceptors (Lipinski definition) is 6. The molecule has 2 bridgehead atoms. The van der Waals surface area contributed by atoms with E-state index < -0.39 is 0 Å². The SMILES string of the molecule is COc1ccccc1COCCCOc1ccc(C2=C(C(=O)N(C)CCc3ccccc3)[C@H]3CN(C(C)=O)CC(C2)N3)cc1. The molecule has 1 unspecified atom stereocenters. The molecule has 1 saturated heterocycles. The fraction of sp³-hybridized carbons (Fsp3) is 0.389. The molecule has 44 heavy (non-hydrogen) atoms. The van der Waals surface area contributed by atoms with Crippen molar-refractivity contribution in [1.82, 2.24) is 15.1 Å². The van der Waals surface area contributed by atoms with E-state index in [1.54, 1.807) is 14.0 Å². The van der Waals surface area contributed by atoms with E-state index in [0.29, 0.717) is 45.9 Å². The largest absolute Gasteiger partial charge is 0.496 e. The van der Waals surface area contributed by atoms with Crippen molar-refractivity contribution in [3.8, 4) is 11.5 Å². The topological polar surface area (TPSA) is 80.3 Å². The third-order valence-electron chi connectivity index (χ3n) is 8.36. The second kappa shape index (κ2) is 15.0. The van der Waals surface area contributed by atoms with E-state index in [4.69, 9.17) is 14.2 Å².